The van der Waals surface area contributed by atoms with Gasteiger partial charge in [-0.3, -0.25) is 4.79 Å². The van der Waals surface area contributed by atoms with Crippen molar-refractivity contribution in [2.75, 3.05) is 5.32 Å². The van der Waals surface area contributed by atoms with Gasteiger partial charge in [-0.15, -0.1) is 11.3 Å². The summed E-state index contributed by atoms with van der Waals surface area (Å²) in [5, 5.41) is 12.1. The van der Waals surface area contributed by atoms with Gasteiger partial charge in [0.1, 0.15) is 5.00 Å². The fourth-order valence-corrected chi connectivity index (χ4v) is 2.42. The molecular weight excluding hydrogens is 238 g/mol. The fraction of sp³-hybridized carbons (Fsp3) is 0.500. The number of amides is 1. The average molecular weight is 255 g/mol. The first-order valence-electron chi connectivity index (χ1n) is 5.59. The molecule has 94 valence electrons. The summed E-state index contributed by atoms with van der Waals surface area (Å²) >= 11 is 1.33. The van der Waals surface area contributed by atoms with E-state index < -0.39 is 5.97 Å². The smallest absolute Gasteiger partial charge is 0.338 e. The maximum Gasteiger partial charge on any atom is 0.338 e. The van der Waals surface area contributed by atoms with Gasteiger partial charge in [0, 0.05) is 11.3 Å². The molecule has 2 N–H and O–H groups in total. The van der Waals surface area contributed by atoms with Crippen LogP contribution in [0.4, 0.5) is 5.00 Å². The van der Waals surface area contributed by atoms with Crippen molar-refractivity contribution < 1.29 is 14.7 Å². The van der Waals surface area contributed by atoms with E-state index in [2.05, 4.69) is 5.32 Å². The lowest BCUT2D eigenvalue weighted by Gasteiger charge is -2.05. The van der Waals surface area contributed by atoms with Gasteiger partial charge in [-0.1, -0.05) is 20.8 Å². The van der Waals surface area contributed by atoms with Crippen molar-refractivity contribution in [3.05, 3.63) is 16.5 Å². The minimum Gasteiger partial charge on any atom is -0.478 e. The Labute approximate surface area is 105 Å². The van der Waals surface area contributed by atoms with Crippen LogP contribution in [0.25, 0.3) is 0 Å². The van der Waals surface area contributed by atoms with Crippen molar-refractivity contribution in [3.8, 4) is 0 Å². The highest BCUT2D eigenvalue weighted by Gasteiger charge is 2.16. The largest absolute Gasteiger partial charge is 0.478 e. The van der Waals surface area contributed by atoms with Gasteiger partial charge in [-0.25, -0.2) is 4.79 Å². The Morgan fingerprint density at radius 2 is 2.12 bits per heavy atom. The number of aromatic carboxylic acids is 1. The highest BCUT2D eigenvalue weighted by Crippen LogP contribution is 2.28. The van der Waals surface area contributed by atoms with Crippen molar-refractivity contribution in [1.82, 2.24) is 0 Å². The number of thiophene rings is 1. The van der Waals surface area contributed by atoms with Gasteiger partial charge in [0.05, 0.1) is 5.56 Å². The second-order valence-electron chi connectivity index (χ2n) is 4.26. The van der Waals surface area contributed by atoms with Crippen LogP contribution in [0.5, 0.6) is 0 Å². The Kier molecular flexibility index (Phi) is 4.69. The number of carboxylic acid groups (broad SMARTS) is 1. The van der Waals surface area contributed by atoms with Crippen LogP contribution in [0.15, 0.2) is 6.07 Å². The SMILES string of the molecule is CCc1cc(C(=O)O)c(NC(=O)CC(C)C)s1. The Morgan fingerprint density at radius 3 is 2.59 bits per heavy atom. The van der Waals surface area contributed by atoms with E-state index in [1.807, 2.05) is 20.8 Å². The summed E-state index contributed by atoms with van der Waals surface area (Å²) in [5.74, 6) is -0.873. The Bertz CT molecular complexity index is 423. The lowest BCUT2D eigenvalue weighted by atomic mass is 10.1. The van der Waals surface area contributed by atoms with Crippen LogP contribution in [0, 0.1) is 5.92 Å². The number of carbonyl (C=O) groups is 2. The Hall–Kier alpha value is -1.36. The summed E-state index contributed by atoms with van der Waals surface area (Å²) in [6, 6.07) is 1.62. The van der Waals surface area contributed by atoms with Crippen LogP contribution in [0.2, 0.25) is 0 Å². The van der Waals surface area contributed by atoms with Gasteiger partial charge in [0.15, 0.2) is 0 Å². The molecule has 0 aromatic carbocycles. The maximum absolute atomic E-state index is 11.6. The average Bonchev–Trinajstić information content (AvgIpc) is 2.59. The predicted octanol–water partition coefficient (Wildman–Crippen LogP) is 2.99. The van der Waals surface area contributed by atoms with Crippen molar-refractivity contribution in [2.45, 2.75) is 33.6 Å². The maximum atomic E-state index is 11.6. The number of hydrogen-bond acceptors (Lipinski definition) is 3. The third kappa shape index (κ3) is 3.85. The molecule has 0 aliphatic carbocycles. The first kappa shape index (κ1) is 13.7. The van der Waals surface area contributed by atoms with Crippen molar-refractivity contribution in [3.63, 3.8) is 0 Å². The minimum absolute atomic E-state index is 0.132. The summed E-state index contributed by atoms with van der Waals surface area (Å²) in [6.45, 7) is 5.85. The number of anilines is 1. The predicted molar refractivity (Wildman–Crippen MR) is 68.7 cm³/mol. The number of hydrogen-bond donors (Lipinski definition) is 2. The highest BCUT2D eigenvalue weighted by molar-refractivity contribution is 7.16. The van der Waals surface area contributed by atoms with Gasteiger partial charge < -0.3 is 10.4 Å². The molecular formula is C12H17NO3S. The van der Waals surface area contributed by atoms with E-state index in [0.29, 0.717) is 11.4 Å². The van der Waals surface area contributed by atoms with Crippen LogP contribution in [0.1, 0.15) is 42.4 Å². The quantitative estimate of drug-likeness (QED) is 0.850. The molecule has 17 heavy (non-hydrogen) atoms. The normalized spacial score (nSPS) is 10.6. The zero-order valence-corrected chi connectivity index (χ0v) is 11.1. The highest BCUT2D eigenvalue weighted by atomic mass is 32.1. The van der Waals surface area contributed by atoms with Gasteiger partial charge in [0.2, 0.25) is 5.91 Å². The number of rotatable bonds is 5. The first-order chi connectivity index (χ1) is 7.93. The molecule has 0 bridgehead atoms. The molecule has 0 saturated heterocycles. The number of carboxylic acids is 1. The van der Waals surface area contributed by atoms with Gasteiger partial charge in [-0.2, -0.15) is 0 Å². The first-order valence-corrected chi connectivity index (χ1v) is 6.41. The molecule has 1 amide bonds. The van der Waals surface area contributed by atoms with E-state index >= 15 is 0 Å². The molecule has 0 unspecified atom stereocenters. The molecule has 0 radical (unpaired) electrons. The molecule has 1 aromatic heterocycles. The van der Waals surface area contributed by atoms with Crippen LogP contribution in [0.3, 0.4) is 0 Å². The second kappa shape index (κ2) is 5.82. The third-order valence-electron chi connectivity index (χ3n) is 2.21. The zero-order valence-electron chi connectivity index (χ0n) is 10.2. The van der Waals surface area contributed by atoms with E-state index in [1.54, 1.807) is 6.07 Å². The summed E-state index contributed by atoms with van der Waals surface area (Å²) < 4.78 is 0. The van der Waals surface area contributed by atoms with Crippen LogP contribution in [-0.2, 0) is 11.2 Å². The summed E-state index contributed by atoms with van der Waals surface area (Å²) in [5.41, 5.74) is 0.184. The standard InChI is InChI=1S/C12H17NO3S/c1-4-8-6-9(12(15)16)11(17-8)13-10(14)5-7(2)3/h6-7H,4-5H2,1-3H3,(H,13,14)(H,15,16). The fourth-order valence-electron chi connectivity index (χ4n) is 1.42. The van der Waals surface area contributed by atoms with Crippen LogP contribution >= 0.6 is 11.3 Å². The molecule has 0 aliphatic rings. The molecule has 5 heteroatoms. The Balaban J connectivity index is 2.85. The van der Waals surface area contributed by atoms with E-state index in [9.17, 15) is 9.59 Å². The lowest BCUT2D eigenvalue weighted by Crippen LogP contribution is -2.14. The van der Waals surface area contributed by atoms with E-state index in [1.165, 1.54) is 11.3 Å². The van der Waals surface area contributed by atoms with E-state index in [4.69, 9.17) is 5.11 Å². The van der Waals surface area contributed by atoms with Crippen molar-refractivity contribution in [2.24, 2.45) is 5.92 Å². The van der Waals surface area contributed by atoms with Gasteiger partial charge in [0.25, 0.3) is 0 Å². The summed E-state index contributed by atoms with van der Waals surface area (Å²) in [4.78, 5) is 23.6. The van der Waals surface area contributed by atoms with E-state index in [0.717, 1.165) is 11.3 Å². The number of carbonyl (C=O) groups excluding carboxylic acids is 1. The van der Waals surface area contributed by atoms with E-state index in [-0.39, 0.29) is 17.4 Å². The van der Waals surface area contributed by atoms with Gasteiger partial charge in [-0.05, 0) is 18.4 Å². The lowest BCUT2D eigenvalue weighted by molar-refractivity contribution is -0.116. The number of aryl methyl sites for hydroxylation is 1. The minimum atomic E-state index is -0.999. The topological polar surface area (TPSA) is 66.4 Å². The molecule has 0 atom stereocenters. The number of nitrogens with one attached hydrogen (secondary N) is 1. The van der Waals surface area contributed by atoms with Crippen molar-refractivity contribution in [1.29, 1.82) is 0 Å². The summed E-state index contributed by atoms with van der Waals surface area (Å²) in [7, 11) is 0. The molecule has 0 spiro atoms. The monoisotopic (exact) mass is 255 g/mol. The molecule has 1 rings (SSSR count). The third-order valence-corrected chi connectivity index (χ3v) is 3.40. The molecule has 0 aliphatic heterocycles. The molecule has 0 fully saturated rings. The molecule has 0 saturated carbocycles. The zero-order chi connectivity index (χ0) is 13.0. The van der Waals surface area contributed by atoms with Gasteiger partial charge >= 0.3 is 5.97 Å². The van der Waals surface area contributed by atoms with Crippen molar-refractivity contribution >= 4 is 28.2 Å². The van der Waals surface area contributed by atoms with Crippen LogP contribution < -0.4 is 5.32 Å². The molecule has 4 nitrogen and oxygen atoms in total. The Morgan fingerprint density at radius 1 is 1.47 bits per heavy atom. The molecule has 1 heterocycles. The summed E-state index contributed by atoms with van der Waals surface area (Å²) in [6.07, 6.45) is 1.17. The second-order valence-corrected chi connectivity index (χ2v) is 5.40. The molecule has 1 aromatic rings. The van der Waals surface area contributed by atoms with Crippen LogP contribution in [-0.4, -0.2) is 17.0 Å².